The highest BCUT2D eigenvalue weighted by Gasteiger charge is 2.27. The fraction of sp³-hybridized carbons (Fsp3) is 0.469. The van der Waals surface area contributed by atoms with Crippen molar-refractivity contribution in [2.45, 2.75) is 84.3 Å². The lowest BCUT2D eigenvalue weighted by Gasteiger charge is -2.34. The first-order chi connectivity index (χ1) is 20.7. The molecular formula is C32H38F2N8O. The van der Waals surface area contributed by atoms with E-state index in [2.05, 4.69) is 30.6 Å². The zero-order chi connectivity index (χ0) is 30.2. The van der Waals surface area contributed by atoms with Crippen molar-refractivity contribution < 1.29 is 13.6 Å². The number of hydrogen-bond acceptors (Lipinski definition) is 7. The van der Waals surface area contributed by atoms with Crippen molar-refractivity contribution in [2.75, 3.05) is 18.4 Å². The van der Waals surface area contributed by atoms with Gasteiger partial charge in [-0.3, -0.25) is 4.79 Å². The maximum Gasteiger partial charge on any atom is 0.255 e. The minimum absolute atomic E-state index is 0.0236. The molecule has 0 atom stereocenters. The first-order valence-electron chi connectivity index (χ1n) is 15.2. The molecule has 1 saturated carbocycles. The van der Waals surface area contributed by atoms with Gasteiger partial charge >= 0.3 is 0 Å². The first-order valence-corrected chi connectivity index (χ1v) is 15.2. The zero-order valence-corrected chi connectivity index (χ0v) is 25.1. The van der Waals surface area contributed by atoms with E-state index in [-0.39, 0.29) is 34.7 Å². The van der Waals surface area contributed by atoms with Gasteiger partial charge in [0.2, 0.25) is 5.95 Å². The van der Waals surface area contributed by atoms with Crippen molar-refractivity contribution in [3.63, 3.8) is 0 Å². The van der Waals surface area contributed by atoms with Crippen LogP contribution in [0.25, 0.3) is 22.3 Å². The summed E-state index contributed by atoms with van der Waals surface area (Å²) in [6.07, 6.45) is 8.09. The van der Waals surface area contributed by atoms with Crippen molar-refractivity contribution in [1.29, 1.82) is 0 Å². The van der Waals surface area contributed by atoms with Crippen LogP contribution in [-0.4, -0.2) is 60.5 Å². The van der Waals surface area contributed by atoms with E-state index >= 15 is 4.39 Å². The smallest absolute Gasteiger partial charge is 0.255 e. The topological polar surface area (TPSA) is 101 Å². The van der Waals surface area contributed by atoms with Crippen LogP contribution < -0.4 is 10.6 Å². The molecule has 226 valence electrons. The zero-order valence-electron chi connectivity index (χ0n) is 25.1. The lowest BCUT2D eigenvalue weighted by molar-refractivity contribution is 0.0700. The van der Waals surface area contributed by atoms with Gasteiger partial charge in [0.05, 0.1) is 23.0 Å². The molecule has 3 aromatic heterocycles. The van der Waals surface area contributed by atoms with E-state index in [0.29, 0.717) is 40.5 Å². The molecule has 4 aromatic rings. The Labute approximate surface area is 250 Å². The molecule has 2 aliphatic rings. The number of amides is 1. The highest BCUT2D eigenvalue weighted by Crippen LogP contribution is 2.30. The monoisotopic (exact) mass is 588 g/mol. The molecule has 4 heterocycles. The Morgan fingerprint density at radius 3 is 2.37 bits per heavy atom. The third-order valence-corrected chi connectivity index (χ3v) is 8.62. The summed E-state index contributed by atoms with van der Waals surface area (Å²) in [5.41, 5.74) is 2.18. The Bertz CT molecular complexity index is 1660. The van der Waals surface area contributed by atoms with Gasteiger partial charge in [-0.25, -0.2) is 28.7 Å². The van der Waals surface area contributed by atoms with Gasteiger partial charge in [0.25, 0.3) is 5.91 Å². The Hall–Kier alpha value is -3.99. The molecule has 9 nitrogen and oxygen atoms in total. The van der Waals surface area contributed by atoms with Crippen LogP contribution in [0.3, 0.4) is 0 Å². The number of benzene rings is 1. The maximum absolute atomic E-state index is 15.0. The summed E-state index contributed by atoms with van der Waals surface area (Å²) in [4.78, 5) is 32.6. The molecule has 6 rings (SSSR count). The number of pyridine rings is 1. The first kappa shape index (κ1) is 29.1. The normalized spacial score (nSPS) is 16.5. The molecule has 2 N–H and O–H groups in total. The minimum atomic E-state index is -0.677. The van der Waals surface area contributed by atoms with Crippen LogP contribution in [0.4, 0.5) is 20.5 Å². The summed E-state index contributed by atoms with van der Waals surface area (Å²) in [5.74, 6) is -0.0481. The van der Waals surface area contributed by atoms with Gasteiger partial charge in [0.1, 0.15) is 22.9 Å². The van der Waals surface area contributed by atoms with Gasteiger partial charge in [-0.15, -0.1) is 0 Å². The van der Waals surface area contributed by atoms with E-state index in [9.17, 15) is 9.18 Å². The molecule has 1 aliphatic carbocycles. The number of anilines is 2. The molecule has 11 heteroatoms. The average molecular weight is 589 g/mol. The number of nitrogens with one attached hydrogen (secondary N) is 2. The molecule has 0 radical (unpaired) electrons. The van der Waals surface area contributed by atoms with Crippen LogP contribution in [0.15, 0.2) is 30.5 Å². The molecule has 1 saturated heterocycles. The highest BCUT2D eigenvalue weighted by molar-refractivity contribution is 5.95. The number of carbonyl (C=O) groups is 1. The summed E-state index contributed by atoms with van der Waals surface area (Å²) in [7, 11) is 0. The average Bonchev–Trinajstić information content (AvgIpc) is 3.61. The van der Waals surface area contributed by atoms with Crippen molar-refractivity contribution in [1.82, 2.24) is 34.7 Å². The van der Waals surface area contributed by atoms with Crippen LogP contribution in [0.5, 0.6) is 0 Å². The van der Waals surface area contributed by atoms with Crippen molar-refractivity contribution in [3.8, 4) is 11.3 Å². The van der Waals surface area contributed by atoms with Gasteiger partial charge in [-0.1, -0.05) is 12.8 Å². The number of imidazole rings is 1. The summed E-state index contributed by atoms with van der Waals surface area (Å²) in [6, 6.07) is 7.52. The Kier molecular flexibility index (Phi) is 8.09. The highest BCUT2D eigenvalue weighted by atomic mass is 19.1. The van der Waals surface area contributed by atoms with Crippen molar-refractivity contribution in [3.05, 3.63) is 59.2 Å². The third-order valence-electron chi connectivity index (χ3n) is 8.62. The molecule has 1 aliphatic heterocycles. The number of rotatable bonds is 7. The molecule has 0 spiro atoms. The lowest BCUT2D eigenvalue weighted by Crippen LogP contribution is -2.47. The standard InChI is InChI=1S/C32H38F2N8O/c1-18(2)42-20(4)37-30-25(33)15-21(16-27(30)42)29-26(34)17-35-32(40-29)39-28-10-9-24(19(3)36-28)31(43)41-13-11-23(12-14-41)38-22-7-5-6-8-22/h9-10,15-18,22-23,38H,5-8,11-14H2,1-4H3,(H,35,36,39,40). The van der Waals surface area contributed by atoms with Gasteiger partial charge in [0.15, 0.2) is 11.6 Å². The number of halogens is 2. The van der Waals surface area contributed by atoms with E-state index < -0.39 is 11.6 Å². The fourth-order valence-electron chi connectivity index (χ4n) is 6.50. The van der Waals surface area contributed by atoms with E-state index in [1.165, 1.54) is 31.7 Å². The second-order valence-corrected chi connectivity index (χ2v) is 12.0. The number of aryl methyl sites for hydroxylation is 2. The second kappa shape index (κ2) is 11.9. The summed E-state index contributed by atoms with van der Waals surface area (Å²) < 4.78 is 31.9. The molecule has 1 amide bonds. The van der Waals surface area contributed by atoms with Crippen molar-refractivity contribution in [2.24, 2.45) is 0 Å². The lowest BCUT2D eigenvalue weighted by atomic mass is 10.0. The molecule has 0 unspecified atom stereocenters. The third kappa shape index (κ3) is 5.95. The molecular weight excluding hydrogens is 550 g/mol. The van der Waals surface area contributed by atoms with E-state index in [4.69, 9.17) is 0 Å². The van der Waals surface area contributed by atoms with Gasteiger partial charge in [0, 0.05) is 36.8 Å². The molecule has 43 heavy (non-hydrogen) atoms. The van der Waals surface area contributed by atoms with E-state index in [1.54, 1.807) is 25.1 Å². The van der Waals surface area contributed by atoms with Gasteiger partial charge < -0.3 is 20.1 Å². The van der Waals surface area contributed by atoms with Crippen LogP contribution in [0.2, 0.25) is 0 Å². The Balaban J connectivity index is 1.17. The number of aromatic nitrogens is 5. The van der Waals surface area contributed by atoms with E-state index in [0.717, 1.165) is 32.1 Å². The fourth-order valence-corrected chi connectivity index (χ4v) is 6.50. The largest absolute Gasteiger partial charge is 0.338 e. The summed E-state index contributed by atoms with van der Waals surface area (Å²) in [6.45, 7) is 9.02. The van der Waals surface area contributed by atoms with Crippen LogP contribution in [0.1, 0.15) is 80.3 Å². The molecule has 0 bridgehead atoms. The number of fused-ring (bicyclic) bond motifs is 1. The number of likely N-dealkylation sites (tertiary alicyclic amines) is 1. The minimum Gasteiger partial charge on any atom is -0.338 e. The predicted octanol–water partition coefficient (Wildman–Crippen LogP) is 6.24. The second-order valence-electron chi connectivity index (χ2n) is 12.0. The molecule has 2 fully saturated rings. The number of carbonyl (C=O) groups excluding carboxylic acids is 1. The predicted molar refractivity (Wildman–Crippen MR) is 162 cm³/mol. The summed E-state index contributed by atoms with van der Waals surface area (Å²) in [5, 5.41) is 6.79. The maximum atomic E-state index is 15.0. The number of nitrogens with zero attached hydrogens (tertiary/aromatic N) is 6. The Morgan fingerprint density at radius 1 is 0.953 bits per heavy atom. The SMILES string of the molecule is Cc1nc(Nc2ncc(F)c(-c3cc(F)c4nc(C)n(C(C)C)c4c3)n2)ccc1C(=O)N1CCC(NC2CCCC2)CC1. The van der Waals surface area contributed by atoms with E-state index in [1.807, 2.05) is 30.2 Å². The van der Waals surface area contributed by atoms with Crippen molar-refractivity contribution >= 4 is 28.7 Å². The van der Waals surface area contributed by atoms with Crippen LogP contribution >= 0.6 is 0 Å². The number of hydrogen-bond donors (Lipinski definition) is 2. The summed E-state index contributed by atoms with van der Waals surface area (Å²) >= 11 is 0. The quantitative estimate of drug-likeness (QED) is 0.263. The van der Waals surface area contributed by atoms with Crippen LogP contribution in [0, 0.1) is 25.5 Å². The molecule has 1 aromatic carbocycles. The van der Waals surface area contributed by atoms with Crippen LogP contribution in [-0.2, 0) is 0 Å². The van der Waals surface area contributed by atoms with Gasteiger partial charge in [-0.2, -0.15) is 0 Å². The Morgan fingerprint density at radius 2 is 1.67 bits per heavy atom. The van der Waals surface area contributed by atoms with Gasteiger partial charge in [-0.05, 0) is 77.6 Å². The number of piperidine rings is 1.